The Bertz CT molecular complexity index is 220. The molecule has 1 unspecified atom stereocenters. The fraction of sp³-hybridized carbons (Fsp3) is 0.250. The standard InChI is InChI=1S/C8H11NO2.H2O/c1-6(10)11-8-4-2-7(9)3-5-8;/h2-6,10H,9H2,1H3;1H2. The summed E-state index contributed by atoms with van der Waals surface area (Å²) in [6.45, 7) is 1.55. The van der Waals surface area contributed by atoms with Crippen LogP contribution in [0.1, 0.15) is 6.92 Å². The lowest BCUT2D eigenvalue weighted by molar-refractivity contribution is -0.000280. The minimum Gasteiger partial charge on any atom is -0.465 e. The Hall–Kier alpha value is -1.26. The summed E-state index contributed by atoms with van der Waals surface area (Å²) in [5, 5.41) is 8.82. The summed E-state index contributed by atoms with van der Waals surface area (Å²) >= 11 is 0. The van der Waals surface area contributed by atoms with Gasteiger partial charge in [-0.15, -0.1) is 0 Å². The largest absolute Gasteiger partial charge is 0.465 e. The third-order valence-corrected chi connectivity index (χ3v) is 1.19. The number of nitrogens with two attached hydrogens (primary N) is 1. The number of hydrogen-bond donors (Lipinski definition) is 2. The second-order valence-electron chi connectivity index (χ2n) is 2.29. The zero-order valence-electron chi connectivity index (χ0n) is 6.82. The molecule has 4 heteroatoms. The van der Waals surface area contributed by atoms with Gasteiger partial charge in [-0.3, -0.25) is 0 Å². The summed E-state index contributed by atoms with van der Waals surface area (Å²) in [4.78, 5) is 0. The van der Waals surface area contributed by atoms with Crippen molar-refractivity contribution >= 4 is 5.69 Å². The summed E-state index contributed by atoms with van der Waals surface area (Å²) < 4.78 is 4.97. The number of nitrogen functional groups attached to an aromatic ring is 1. The van der Waals surface area contributed by atoms with Gasteiger partial charge in [0.25, 0.3) is 0 Å². The topological polar surface area (TPSA) is 87.0 Å². The van der Waals surface area contributed by atoms with E-state index in [4.69, 9.17) is 15.6 Å². The van der Waals surface area contributed by atoms with Gasteiger partial charge < -0.3 is 21.1 Å². The first-order valence-electron chi connectivity index (χ1n) is 3.39. The molecule has 0 aliphatic carbocycles. The van der Waals surface area contributed by atoms with E-state index in [0.29, 0.717) is 11.4 Å². The zero-order chi connectivity index (χ0) is 8.27. The van der Waals surface area contributed by atoms with Crippen LogP contribution in [-0.4, -0.2) is 16.9 Å². The van der Waals surface area contributed by atoms with Crippen LogP contribution >= 0.6 is 0 Å². The summed E-state index contributed by atoms with van der Waals surface area (Å²) in [6.07, 6.45) is -0.779. The predicted octanol–water partition coefficient (Wildman–Crippen LogP) is 0.161. The molecule has 0 amide bonds. The highest BCUT2D eigenvalue weighted by Crippen LogP contribution is 2.13. The number of ether oxygens (including phenoxy) is 1. The number of aliphatic hydroxyl groups is 1. The van der Waals surface area contributed by atoms with Crippen molar-refractivity contribution in [1.29, 1.82) is 0 Å². The first kappa shape index (κ1) is 10.7. The number of benzene rings is 1. The zero-order valence-corrected chi connectivity index (χ0v) is 6.82. The third-order valence-electron chi connectivity index (χ3n) is 1.19. The molecule has 12 heavy (non-hydrogen) atoms. The van der Waals surface area contributed by atoms with E-state index in [1.165, 1.54) is 0 Å². The molecule has 0 aliphatic heterocycles. The molecule has 0 heterocycles. The lowest BCUT2D eigenvalue weighted by Crippen LogP contribution is -2.09. The molecule has 1 atom stereocenters. The third kappa shape index (κ3) is 3.23. The van der Waals surface area contributed by atoms with Gasteiger partial charge in [-0.05, 0) is 31.2 Å². The van der Waals surface area contributed by atoms with Crippen molar-refractivity contribution in [2.24, 2.45) is 0 Å². The Labute approximate surface area is 70.9 Å². The highest BCUT2D eigenvalue weighted by Gasteiger charge is 1.96. The second kappa shape index (κ2) is 4.58. The fourth-order valence-electron chi connectivity index (χ4n) is 0.743. The van der Waals surface area contributed by atoms with E-state index in [2.05, 4.69) is 0 Å². The van der Waals surface area contributed by atoms with E-state index in [9.17, 15) is 0 Å². The molecule has 1 aromatic carbocycles. The van der Waals surface area contributed by atoms with Crippen LogP contribution in [0.25, 0.3) is 0 Å². The van der Waals surface area contributed by atoms with Gasteiger partial charge >= 0.3 is 0 Å². The first-order chi connectivity index (χ1) is 5.18. The minimum absolute atomic E-state index is 0. The van der Waals surface area contributed by atoms with Crippen LogP contribution in [0.15, 0.2) is 24.3 Å². The summed E-state index contributed by atoms with van der Waals surface area (Å²) in [6, 6.07) is 6.86. The van der Waals surface area contributed by atoms with Gasteiger partial charge in [-0.2, -0.15) is 0 Å². The molecule has 5 N–H and O–H groups in total. The van der Waals surface area contributed by atoms with Crippen molar-refractivity contribution in [1.82, 2.24) is 0 Å². The molecule has 0 aromatic heterocycles. The molecular weight excluding hydrogens is 158 g/mol. The van der Waals surface area contributed by atoms with Gasteiger partial charge in [-0.25, -0.2) is 0 Å². The number of hydrogen-bond acceptors (Lipinski definition) is 3. The van der Waals surface area contributed by atoms with Crippen LogP contribution in [-0.2, 0) is 0 Å². The van der Waals surface area contributed by atoms with Gasteiger partial charge in [0.05, 0.1) is 0 Å². The van der Waals surface area contributed by atoms with E-state index in [-0.39, 0.29) is 5.48 Å². The molecule has 4 nitrogen and oxygen atoms in total. The van der Waals surface area contributed by atoms with Crippen LogP contribution in [0, 0.1) is 0 Å². The minimum atomic E-state index is -0.779. The highest BCUT2D eigenvalue weighted by atomic mass is 16.6. The summed E-state index contributed by atoms with van der Waals surface area (Å²) in [5.41, 5.74) is 6.12. The smallest absolute Gasteiger partial charge is 0.194 e. The molecule has 0 radical (unpaired) electrons. The maximum absolute atomic E-state index is 8.82. The van der Waals surface area contributed by atoms with E-state index in [1.807, 2.05) is 0 Å². The predicted molar refractivity (Wildman–Crippen MR) is 46.8 cm³/mol. The first-order valence-corrected chi connectivity index (χ1v) is 3.39. The molecule has 0 bridgehead atoms. The Morgan fingerprint density at radius 3 is 2.25 bits per heavy atom. The molecular formula is C8H13NO3. The molecule has 0 aliphatic rings. The van der Waals surface area contributed by atoms with Crippen molar-refractivity contribution in [2.75, 3.05) is 5.73 Å². The van der Waals surface area contributed by atoms with Crippen molar-refractivity contribution in [3.8, 4) is 5.75 Å². The number of rotatable bonds is 2. The fourth-order valence-corrected chi connectivity index (χ4v) is 0.743. The average Bonchev–Trinajstić information content (AvgIpc) is 1.93. The molecule has 0 saturated carbocycles. The Morgan fingerprint density at radius 2 is 1.83 bits per heavy atom. The SMILES string of the molecule is CC(O)Oc1ccc(N)cc1.O. The maximum atomic E-state index is 8.82. The molecule has 1 rings (SSSR count). The van der Waals surface area contributed by atoms with Crippen molar-refractivity contribution in [3.05, 3.63) is 24.3 Å². The van der Waals surface area contributed by atoms with E-state index < -0.39 is 6.29 Å². The lowest BCUT2D eigenvalue weighted by atomic mass is 10.3. The van der Waals surface area contributed by atoms with Gasteiger partial charge in [0.15, 0.2) is 6.29 Å². The Morgan fingerprint density at radius 1 is 1.33 bits per heavy atom. The van der Waals surface area contributed by atoms with Crippen LogP contribution in [0.5, 0.6) is 5.75 Å². The lowest BCUT2D eigenvalue weighted by Gasteiger charge is -2.07. The van der Waals surface area contributed by atoms with Crippen LogP contribution in [0.3, 0.4) is 0 Å². The number of aliphatic hydroxyl groups excluding tert-OH is 1. The van der Waals surface area contributed by atoms with Crippen molar-refractivity contribution in [3.63, 3.8) is 0 Å². The summed E-state index contributed by atoms with van der Waals surface area (Å²) in [5.74, 6) is 0.620. The summed E-state index contributed by atoms with van der Waals surface area (Å²) in [7, 11) is 0. The second-order valence-corrected chi connectivity index (χ2v) is 2.29. The Balaban J connectivity index is 0.00000121. The molecule has 0 saturated heterocycles. The van der Waals surface area contributed by atoms with Crippen LogP contribution in [0.2, 0.25) is 0 Å². The van der Waals surface area contributed by atoms with Crippen molar-refractivity contribution < 1.29 is 15.3 Å². The van der Waals surface area contributed by atoms with E-state index in [1.54, 1.807) is 31.2 Å². The average molecular weight is 171 g/mol. The van der Waals surface area contributed by atoms with Gasteiger partial charge in [0, 0.05) is 5.69 Å². The van der Waals surface area contributed by atoms with Gasteiger partial charge in [-0.1, -0.05) is 0 Å². The normalized spacial score (nSPS) is 11.5. The Kier molecular flexibility index (Phi) is 4.10. The molecule has 68 valence electrons. The maximum Gasteiger partial charge on any atom is 0.194 e. The molecule has 0 fully saturated rings. The molecule has 1 aromatic rings. The highest BCUT2D eigenvalue weighted by molar-refractivity contribution is 5.41. The molecule has 0 spiro atoms. The van der Waals surface area contributed by atoms with E-state index >= 15 is 0 Å². The monoisotopic (exact) mass is 171 g/mol. The van der Waals surface area contributed by atoms with Crippen LogP contribution < -0.4 is 10.5 Å². The van der Waals surface area contributed by atoms with Gasteiger partial charge in [0.2, 0.25) is 0 Å². The van der Waals surface area contributed by atoms with Crippen molar-refractivity contribution in [2.45, 2.75) is 13.2 Å². The van der Waals surface area contributed by atoms with Crippen LogP contribution in [0.4, 0.5) is 5.69 Å². The number of anilines is 1. The quantitative estimate of drug-likeness (QED) is 0.491. The van der Waals surface area contributed by atoms with E-state index in [0.717, 1.165) is 0 Å². The van der Waals surface area contributed by atoms with Gasteiger partial charge in [0.1, 0.15) is 5.75 Å².